The molecule has 0 aromatic heterocycles. The van der Waals surface area contributed by atoms with Gasteiger partial charge in [-0.1, -0.05) is 70.9 Å². The van der Waals surface area contributed by atoms with Gasteiger partial charge in [0.25, 0.3) is 5.91 Å². The predicted octanol–water partition coefficient (Wildman–Crippen LogP) is 8.43. The SMILES string of the molecule is C/C=C1/C(=Nc2cccc(C(F)(F)F)c2)C(=O)N(C2=CCC=CC(OCC(O)CC)=C2)/C1=C/C.CCC(C)CC. The average Bonchev–Trinajstić information content (AvgIpc) is 3.07. The summed E-state index contributed by atoms with van der Waals surface area (Å²) in [5, 5.41) is 9.81. The molecule has 1 atom stereocenters. The Bertz CT molecular complexity index is 1200. The molecule has 8 heteroatoms. The van der Waals surface area contributed by atoms with Gasteiger partial charge in [-0.2, -0.15) is 13.2 Å². The van der Waals surface area contributed by atoms with E-state index in [0.29, 0.717) is 35.6 Å². The molecule has 0 saturated carbocycles. The molecule has 0 radical (unpaired) electrons. The van der Waals surface area contributed by atoms with Crippen LogP contribution in [0.4, 0.5) is 18.9 Å². The van der Waals surface area contributed by atoms with E-state index in [1.807, 2.05) is 19.1 Å². The van der Waals surface area contributed by atoms with Gasteiger partial charge in [-0.05, 0) is 56.9 Å². The molecule has 1 amide bonds. The Kier molecular flexibility index (Phi) is 12.6. The van der Waals surface area contributed by atoms with E-state index < -0.39 is 23.8 Å². The van der Waals surface area contributed by atoms with E-state index in [2.05, 4.69) is 25.8 Å². The number of aliphatic imine (C=N–C) groups is 1. The van der Waals surface area contributed by atoms with Gasteiger partial charge in [0, 0.05) is 17.3 Å². The van der Waals surface area contributed by atoms with E-state index in [9.17, 15) is 23.1 Å². The van der Waals surface area contributed by atoms with Crippen molar-refractivity contribution in [3.63, 3.8) is 0 Å². The number of hydrogen-bond acceptors (Lipinski definition) is 4. The van der Waals surface area contributed by atoms with Crippen LogP contribution >= 0.6 is 0 Å². The lowest BCUT2D eigenvalue weighted by molar-refractivity contribution is -0.137. The van der Waals surface area contributed by atoms with Crippen LogP contribution in [0.25, 0.3) is 0 Å². The zero-order chi connectivity index (χ0) is 29.9. The minimum atomic E-state index is -4.51. The number of benzene rings is 1. The van der Waals surface area contributed by atoms with Crippen molar-refractivity contribution in [2.75, 3.05) is 6.61 Å². The predicted molar refractivity (Wildman–Crippen MR) is 155 cm³/mol. The first-order chi connectivity index (χ1) is 19.0. The van der Waals surface area contributed by atoms with Crippen LogP contribution in [-0.2, 0) is 15.7 Å². The van der Waals surface area contributed by atoms with Gasteiger partial charge >= 0.3 is 6.18 Å². The maximum absolute atomic E-state index is 13.5. The summed E-state index contributed by atoms with van der Waals surface area (Å²) in [4.78, 5) is 19.3. The summed E-state index contributed by atoms with van der Waals surface area (Å²) < 4.78 is 45.1. The summed E-state index contributed by atoms with van der Waals surface area (Å²) in [5.74, 6) is 0.978. The first-order valence-electron chi connectivity index (χ1n) is 13.8. The zero-order valence-corrected chi connectivity index (χ0v) is 24.3. The fraction of sp³-hybridized carbons (Fsp3) is 0.438. The molecule has 2 aliphatic rings. The van der Waals surface area contributed by atoms with E-state index in [0.717, 1.165) is 18.1 Å². The van der Waals surface area contributed by atoms with Gasteiger partial charge in [0.1, 0.15) is 18.1 Å². The summed E-state index contributed by atoms with van der Waals surface area (Å²) in [6.07, 6.45) is 9.32. The van der Waals surface area contributed by atoms with Crippen LogP contribution in [0.3, 0.4) is 0 Å². The lowest BCUT2D eigenvalue weighted by Crippen LogP contribution is -2.25. The van der Waals surface area contributed by atoms with Gasteiger partial charge in [-0.15, -0.1) is 0 Å². The summed E-state index contributed by atoms with van der Waals surface area (Å²) in [6.45, 7) is 12.2. The molecule has 1 aliphatic carbocycles. The molecule has 1 N–H and O–H groups in total. The van der Waals surface area contributed by atoms with Crippen molar-refractivity contribution in [2.24, 2.45) is 10.9 Å². The second-order valence-electron chi connectivity index (χ2n) is 9.63. The maximum atomic E-state index is 13.5. The van der Waals surface area contributed by atoms with Gasteiger partial charge in [0.2, 0.25) is 0 Å². The summed E-state index contributed by atoms with van der Waals surface area (Å²) in [5.41, 5.74) is 0.930. The van der Waals surface area contributed by atoms with Gasteiger partial charge in [0.05, 0.1) is 23.1 Å². The van der Waals surface area contributed by atoms with Crippen molar-refractivity contribution in [2.45, 2.75) is 79.5 Å². The Labute approximate surface area is 236 Å². The summed E-state index contributed by atoms with van der Waals surface area (Å²) in [6, 6.07) is 4.58. The van der Waals surface area contributed by atoms with Crippen LogP contribution in [-0.4, -0.2) is 34.3 Å². The molecule has 3 rings (SSSR count). The topological polar surface area (TPSA) is 62.1 Å². The number of aliphatic hydroxyl groups excluding tert-OH is 1. The molecule has 1 unspecified atom stereocenters. The number of halogens is 3. The molecule has 1 aromatic carbocycles. The van der Waals surface area contributed by atoms with Gasteiger partial charge in [-0.3, -0.25) is 9.69 Å². The highest BCUT2D eigenvalue weighted by Gasteiger charge is 2.38. The van der Waals surface area contributed by atoms with Crippen molar-refractivity contribution >= 4 is 17.3 Å². The van der Waals surface area contributed by atoms with E-state index in [1.54, 1.807) is 38.2 Å². The number of allylic oxidation sites excluding steroid dienone is 7. The first kappa shape index (κ1) is 32.8. The van der Waals surface area contributed by atoms with E-state index in [1.165, 1.54) is 29.9 Å². The van der Waals surface area contributed by atoms with E-state index in [4.69, 9.17) is 4.74 Å². The monoisotopic (exact) mass is 558 g/mol. The number of alkyl halides is 3. The van der Waals surface area contributed by atoms with Crippen molar-refractivity contribution < 1.29 is 27.8 Å². The minimum absolute atomic E-state index is 0.0412. The van der Waals surface area contributed by atoms with Gasteiger partial charge < -0.3 is 9.84 Å². The molecule has 1 aromatic rings. The largest absolute Gasteiger partial charge is 0.491 e. The molecule has 218 valence electrons. The highest BCUT2D eigenvalue weighted by molar-refractivity contribution is 6.50. The van der Waals surface area contributed by atoms with Crippen molar-refractivity contribution in [1.82, 2.24) is 4.90 Å². The lowest BCUT2D eigenvalue weighted by atomic mass is 10.1. The van der Waals surface area contributed by atoms with Crippen LogP contribution < -0.4 is 0 Å². The molecule has 40 heavy (non-hydrogen) atoms. The first-order valence-corrected chi connectivity index (χ1v) is 13.8. The molecule has 1 fully saturated rings. The van der Waals surface area contributed by atoms with Crippen LogP contribution in [0, 0.1) is 5.92 Å². The third-order valence-electron chi connectivity index (χ3n) is 6.76. The zero-order valence-electron chi connectivity index (χ0n) is 24.3. The third-order valence-corrected chi connectivity index (χ3v) is 6.76. The smallest absolute Gasteiger partial charge is 0.416 e. The number of amides is 1. The number of hydrogen-bond donors (Lipinski definition) is 1. The number of aliphatic hydroxyl groups is 1. The molecular formula is C32H41F3N2O3. The van der Waals surface area contributed by atoms with Crippen LogP contribution in [0.5, 0.6) is 0 Å². The number of likely N-dealkylation sites (tertiary alicyclic amines) is 1. The Morgan fingerprint density at radius 1 is 1.12 bits per heavy atom. The number of rotatable bonds is 8. The lowest BCUT2D eigenvalue weighted by Gasteiger charge is -2.19. The van der Waals surface area contributed by atoms with E-state index in [-0.39, 0.29) is 18.0 Å². The van der Waals surface area contributed by atoms with Crippen molar-refractivity contribution in [3.05, 3.63) is 89.0 Å². The normalized spacial score (nSPS) is 19.5. The molecule has 0 spiro atoms. The molecule has 1 heterocycles. The quantitative estimate of drug-likeness (QED) is 0.348. The number of carbonyl (C=O) groups excluding carboxylic acids is 1. The Balaban J connectivity index is 0.000000840. The molecule has 0 bridgehead atoms. The Morgan fingerprint density at radius 3 is 2.38 bits per heavy atom. The summed E-state index contributed by atoms with van der Waals surface area (Å²) in [7, 11) is 0. The fourth-order valence-corrected chi connectivity index (χ4v) is 3.86. The van der Waals surface area contributed by atoms with Gasteiger partial charge in [0.15, 0.2) is 0 Å². The highest BCUT2D eigenvalue weighted by Crippen LogP contribution is 2.35. The second kappa shape index (κ2) is 15.4. The molecule has 1 aliphatic heterocycles. The van der Waals surface area contributed by atoms with Crippen LogP contribution in [0.15, 0.2) is 88.4 Å². The minimum Gasteiger partial charge on any atom is -0.491 e. The van der Waals surface area contributed by atoms with Gasteiger partial charge in [-0.25, -0.2) is 4.99 Å². The standard InChI is InChI=1S/C26H27F3N2O3.C6H14/c1-4-20(32)16-34-21-13-8-7-12-19(15-21)31-23(6-3)22(5-2)24(25(31)33)30-18-11-9-10-17(14-18)26(27,28)29;1-4-6(3)5-2/h5-6,8-15,20,32H,4,7,16H2,1-3H3;6H,4-5H2,1-3H3/b22-5+,23-6+,30-24?;. The average molecular weight is 559 g/mol. The van der Waals surface area contributed by atoms with Crippen LogP contribution in [0.2, 0.25) is 0 Å². The van der Waals surface area contributed by atoms with Crippen molar-refractivity contribution in [3.8, 4) is 0 Å². The molecule has 1 saturated heterocycles. The number of ether oxygens (including phenoxy) is 1. The number of carbonyl (C=O) groups is 1. The van der Waals surface area contributed by atoms with Crippen LogP contribution in [0.1, 0.15) is 72.8 Å². The second-order valence-corrected chi connectivity index (χ2v) is 9.63. The Morgan fingerprint density at radius 2 is 1.82 bits per heavy atom. The maximum Gasteiger partial charge on any atom is 0.416 e. The Hall–Kier alpha value is -3.39. The summed E-state index contributed by atoms with van der Waals surface area (Å²) >= 11 is 0. The molecule has 5 nitrogen and oxygen atoms in total. The fourth-order valence-electron chi connectivity index (χ4n) is 3.86. The van der Waals surface area contributed by atoms with Crippen molar-refractivity contribution in [1.29, 1.82) is 0 Å². The van der Waals surface area contributed by atoms with E-state index >= 15 is 0 Å². The highest BCUT2D eigenvalue weighted by atomic mass is 19.4. The number of nitrogens with zero attached hydrogens (tertiary/aromatic N) is 2. The third kappa shape index (κ3) is 8.81. The molecular weight excluding hydrogens is 517 g/mol.